The first-order chi connectivity index (χ1) is 14.7. The van der Waals surface area contributed by atoms with Gasteiger partial charge in [0.15, 0.2) is 0 Å². The Morgan fingerprint density at radius 2 is 1.84 bits per heavy atom. The first-order valence-corrected chi connectivity index (χ1v) is 10.8. The molecule has 9 nitrogen and oxygen atoms in total. The predicted molar refractivity (Wildman–Crippen MR) is 108 cm³/mol. The molecule has 3 rings (SSSR count). The van der Waals surface area contributed by atoms with E-state index in [2.05, 4.69) is 5.90 Å². The van der Waals surface area contributed by atoms with Gasteiger partial charge in [0.25, 0.3) is 0 Å². The summed E-state index contributed by atoms with van der Waals surface area (Å²) in [6.07, 6.45) is -0.628. The quantitative estimate of drug-likeness (QED) is 0.479. The number of sulfonamides is 1. The molecular weight excluding hydrogens is 431 g/mol. The molecule has 2 unspecified atom stereocenters. The molecule has 11 heteroatoms. The highest BCUT2D eigenvalue weighted by atomic mass is 32.2. The number of carboxylic acid groups (broad SMARTS) is 1. The summed E-state index contributed by atoms with van der Waals surface area (Å²) in [5.41, 5.74) is 1.16. The van der Waals surface area contributed by atoms with Crippen molar-refractivity contribution in [2.24, 2.45) is 5.90 Å². The second-order valence-corrected chi connectivity index (χ2v) is 8.83. The van der Waals surface area contributed by atoms with E-state index in [1.807, 2.05) is 0 Å². The Hall–Kier alpha value is -2.57. The van der Waals surface area contributed by atoms with E-state index in [0.717, 1.165) is 4.31 Å². The van der Waals surface area contributed by atoms with Crippen molar-refractivity contribution in [3.63, 3.8) is 0 Å². The van der Waals surface area contributed by atoms with Gasteiger partial charge in [0.05, 0.1) is 11.0 Å². The van der Waals surface area contributed by atoms with Crippen LogP contribution < -0.4 is 10.6 Å². The van der Waals surface area contributed by atoms with Crippen LogP contribution in [-0.2, 0) is 21.4 Å². The zero-order valence-corrected chi connectivity index (χ0v) is 17.6. The van der Waals surface area contributed by atoms with Crippen LogP contribution in [0.4, 0.5) is 4.39 Å². The van der Waals surface area contributed by atoms with Crippen molar-refractivity contribution < 1.29 is 37.8 Å². The number of carboxylic acids is 1. The number of ether oxygens (including phenoxy) is 1. The lowest BCUT2D eigenvalue weighted by Crippen LogP contribution is -2.51. The summed E-state index contributed by atoms with van der Waals surface area (Å²) in [7, 11) is -4.10. The minimum absolute atomic E-state index is 0.0455. The van der Waals surface area contributed by atoms with E-state index in [1.54, 1.807) is 19.1 Å². The molecule has 2 aromatic rings. The molecule has 31 heavy (non-hydrogen) atoms. The summed E-state index contributed by atoms with van der Waals surface area (Å²) in [6, 6.07) is 9.03. The molecule has 2 atom stereocenters. The van der Waals surface area contributed by atoms with Gasteiger partial charge in [-0.15, -0.1) is 0 Å². The molecule has 1 saturated heterocycles. The SMILES string of the molecule is Cc1c(F)cccc1COc1ccc(S(=O)(=O)N2CC(O)CCC2C(=O)O)cc1.NO. The van der Waals surface area contributed by atoms with Gasteiger partial charge in [-0.05, 0) is 61.2 Å². The minimum Gasteiger partial charge on any atom is -0.489 e. The second-order valence-electron chi connectivity index (χ2n) is 6.94. The topological polar surface area (TPSA) is 150 Å². The lowest BCUT2D eigenvalue weighted by molar-refractivity contribution is -0.143. The number of nitrogens with two attached hydrogens (primary N) is 1. The standard InChI is InChI=1S/C20H22FNO6S.H3NO/c1-13-14(3-2-4-18(13)21)12-28-16-6-8-17(9-7-16)29(26,27)22-11-15(23)5-10-19(22)20(24)25;1-2/h2-4,6-9,15,19,23H,5,10-12H2,1H3,(H,24,25);2H,1H2. The summed E-state index contributed by atoms with van der Waals surface area (Å²) >= 11 is 0. The largest absolute Gasteiger partial charge is 0.489 e. The van der Waals surface area contributed by atoms with E-state index < -0.39 is 28.1 Å². The van der Waals surface area contributed by atoms with Gasteiger partial charge in [-0.2, -0.15) is 4.31 Å². The van der Waals surface area contributed by atoms with Crippen molar-refractivity contribution in [2.75, 3.05) is 6.54 Å². The second kappa shape index (κ2) is 10.6. The van der Waals surface area contributed by atoms with Gasteiger partial charge in [0.2, 0.25) is 10.0 Å². The van der Waals surface area contributed by atoms with Crippen molar-refractivity contribution in [1.29, 1.82) is 0 Å². The predicted octanol–water partition coefficient (Wildman–Crippen LogP) is 1.65. The Morgan fingerprint density at radius 3 is 2.45 bits per heavy atom. The lowest BCUT2D eigenvalue weighted by Gasteiger charge is -2.34. The summed E-state index contributed by atoms with van der Waals surface area (Å²) in [6.45, 7) is 1.50. The zero-order chi connectivity index (χ0) is 23.2. The number of rotatable bonds is 6. The van der Waals surface area contributed by atoms with Gasteiger partial charge in [0.1, 0.15) is 24.2 Å². The molecule has 0 aromatic heterocycles. The van der Waals surface area contributed by atoms with E-state index in [4.69, 9.17) is 9.94 Å². The number of hydrogen-bond acceptors (Lipinski definition) is 7. The molecule has 0 bridgehead atoms. The van der Waals surface area contributed by atoms with Crippen molar-refractivity contribution in [3.8, 4) is 5.75 Å². The zero-order valence-electron chi connectivity index (χ0n) is 16.8. The highest BCUT2D eigenvalue weighted by Crippen LogP contribution is 2.27. The molecule has 2 aromatic carbocycles. The van der Waals surface area contributed by atoms with Crippen molar-refractivity contribution in [3.05, 3.63) is 59.4 Å². The Morgan fingerprint density at radius 1 is 1.19 bits per heavy atom. The number of hydrogen-bond donors (Lipinski definition) is 4. The van der Waals surface area contributed by atoms with Crippen LogP contribution in [0.15, 0.2) is 47.4 Å². The van der Waals surface area contributed by atoms with E-state index in [1.165, 1.54) is 30.3 Å². The Labute approximate surface area is 179 Å². The lowest BCUT2D eigenvalue weighted by atomic mass is 10.0. The fourth-order valence-corrected chi connectivity index (χ4v) is 4.90. The number of nitrogens with zero attached hydrogens (tertiary/aromatic N) is 1. The highest BCUT2D eigenvalue weighted by Gasteiger charge is 2.40. The van der Waals surface area contributed by atoms with E-state index in [-0.39, 0.29) is 36.7 Å². The molecule has 1 aliphatic heterocycles. The third-order valence-electron chi connectivity index (χ3n) is 5.00. The number of aliphatic hydroxyl groups is 1. The highest BCUT2D eigenvalue weighted by molar-refractivity contribution is 7.89. The van der Waals surface area contributed by atoms with Gasteiger partial charge in [-0.3, -0.25) is 4.79 Å². The number of piperidine rings is 1. The number of benzene rings is 2. The summed E-state index contributed by atoms with van der Waals surface area (Å²) in [4.78, 5) is 11.3. The fourth-order valence-electron chi connectivity index (χ4n) is 3.25. The van der Waals surface area contributed by atoms with Gasteiger partial charge < -0.3 is 20.2 Å². The fraction of sp³-hybridized carbons (Fsp3) is 0.350. The van der Waals surface area contributed by atoms with Gasteiger partial charge in [-0.25, -0.2) is 18.7 Å². The molecule has 0 spiro atoms. The van der Waals surface area contributed by atoms with Crippen LogP contribution in [0.3, 0.4) is 0 Å². The molecule has 1 heterocycles. The monoisotopic (exact) mass is 456 g/mol. The Kier molecular flexibility index (Phi) is 8.48. The number of aliphatic hydroxyl groups excluding tert-OH is 1. The number of carbonyl (C=O) groups is 1. The third kappa shape index (κ3) is 5.77. The smallest absolute Gasteiger partial charge is 0.322 e. The van der Waals surface area contributed by atoms with Crippen LogP contribution >= 0.6 is 0 Å². The molecule has 0 amide bonds. The molecule has 170 valence electrons. The van der Waals surface area contributed by atoms with E-state index in [0.29, 0.717) is 16.9 Å². The number of aliphatic carboxylic acids is 1. The van der Waals surface area contributed by atoms with E-state index in [9.17, 15) is 27.8 Å². The van der Waals surface area contributed by atoms with Gasteiger partial charge in [0, 0.05) is 6.54 Å². The summed E-state index contributed by atoms with van der Waals surface area (Å²) in [5, 5.41) is 25.6. The van der Waals surface area contributed by atoms with Crippen molar-refractivity contribution in [1.82, 2.24) is 4.31 Å². The normalized spacial score (nSPS) is 19.3. The first kappa shape index (κ1) is 24.7. The molecule has 0 saturated carbocycles. The Bertz CT molecular complexity index is 999. The van der Waals surface area contributed by atoms with Crippen LogP contribution in [-0.4, -0.2) is 52.8 Å². The number of β-amino-alcohol motifs (C(OH)–C–C–N with tert-alkyl or cyclic N) is 1. The molecule has 0 radical (unpaired) electrons. The maximum Gasteiger partial charge on any atom is 0.322 e. The molecule has 1 fully saturated rings. The van der Waals surface area contributed by atoms with Crippen LogP contribution in [0.2, 0.25) is 0 Å². The van der Waals surface area contributed by atoms with Crippen LogP contribution in [0, 0.1) is 12.7 Å². The van der Waals surface area contributed by atoms with Crippen LogP contribution in [0.25, 0.3) is 0 Å². The van der Waals surface area contributed by atoms with Crippen molar-refractivity contribution in [2.45, 2.75) is 43.4 Å². The third-order valence-corrected chi connectivity index (χ3v) is 6.89. The minimum atomic E-state index is -4.10. The maximum atomic E-state index is 13.6. The number of halogens is 1. The molecule has 0 aliphatic carbocycles. The van der Waals surface area contributed by atoms with Crippen LogP contribution in [0.5, 0.6) is 5.75 Å². The van der Waals surface area contributed by atoms with E-state index >= 15 is 0 Å². The molecular formula is C20H25FN2O7S. The van der Waals surface area contributed by atoms with Crippen LogP contribution in [0.1, 0.15) is 24.0 Å². The maximum absolute atomic E-state index is 13.6. The average molecular weight is 456 g/mol. The molecule has 5 N–H and O–H groups in total. The van der Waals surface area contributed by atoms with Gasteiger partial charge in [-0.1, -0.05) is 12.1 Å². The molecule has 1 aliphatic rings. The van der Waals surface area contributed by atoms with Gasteiger partial charge >= 0.3 is 5.97 Å². The first-order valence-electron chi connectivity index (χ1n) is 9.35. The Balaban J connectivity index is 0.00000166. The summed E-state index contributed by atoms with van der Waals surface area (Å²) in [5.74, 6) is 2.32. The average Bonchev–Trinajstić information content (AvgIpc) is 2.76. The summed E-state index contributed by atoms with van der Waals surface area (Å²) < 4.78 is 45.8. The van der Waals surface area contributed by atoms with Crippen molar-refractivity contribution >= 4 is 16.0 Å².